The molecule has 0 unspecified atom stereocenters. The molecule has 1 amide bonds. The molecule has 0 saturated carbocycles. The van der Waals surface area contributed by atoms with E-state index in [1.54, 1.807) is 19.3 Å². The quantitative estimate of drug-likeness (QED) is 0.719. The summed E-state index contributed by atoms with van der Waals surface area (Å²) in [7, 11) is 0. The number of nitrogens with one attached hydrogen (secondary N) is 2. The molecule has 2 N–H and O–H groups in total. The van der Waals surface area contributed by atoms with Crippen LogP contribution in [0.3, 0.4) is 0 Å². The fourth-order valence-electron chi connectivity index (χ4n) is 1.47. The van der Waals surface area contributed by atoms with E-state index < -0.39 is 6.10 Å². The van der Waals surface area contributed by atoms with E-state index in [1.165, 1.54) is 0 Å². The first-order chi connectivity index (χ1) is 8.59. The standard InChI is InChI=1S/C13H21N3O2/c1-10(2)18-11(3)13(17)16-8-7-15-12-5-4-6-14-9-12/h4-6,9-11,15H,7-8H2,1-3H3,(H,16,17)/t11-/m0/s1. The summed E-state index contributed by atoms with van der Waals surface area (Å²) in [6.45, 7) is 6.79. The number of amides is 1. The van der Waals surface area contributed by atoms with E-state index in [4.69, 9.17) is 4.74 Å². The van der Waals surface area contributed by atoms with Gasteiger partial charge in [0.05, 0.1) is 11.8 Å². The summed E-state index contributed by atoms with van der Waals surface area (Å²) >= 11 is 0. The van der Waals surface area contributed by atoms with Gasteiger partial charge in [0.25, 0.3) is 0 Å². The molecule has 0 aliphatic carbocycles. The van der Waals surface area contributed by atoms with Gasteiger partial charge in [-0.05, 0) is 32.9 Å². The normalized spacial score (nSPS) is 12.2. The highest BCUT2D eigenvalue weighted by atomic mass is 16.5. The molecule has 100 valence electrons. The molecule has 0 spiro atoms. The molecule has 0 saturated heterocycles. The average molecular weight is 251 g/mol. The van der Waals surface area contributed by atoms with Crippen LogP contribution in [0, 0.1) is 0 Å². The van der Waals surface area contributed by atoms with E-state index >= 15 is 0 Å². The number of ether oxygens (including phenoxy) is 1. The number of aromatic nitrogens is 1. The third kappa shape index (κ3) is 5.63. The van der Waals surface area contributed by atoms with Crippen molar-refractivity contribution < 1.29 is 9.53 Å². The van der Waals surface area contributed by atoms with Crippen LogP contribution in [-0.2, 0) is 9.53 Å². The predicted octanol–water partition coefficient (Wildman–Crippen LogP) is 1.42. The highest BCUT2D eigenvalue weighted by molar-refractivity contribution is 5.80. The predicted molar refractivity (Wildman–Crippen MR) is 71.4 cm³/mol. The van der Waals surface area contributed by atoms with Crippen LogP contribution in [-0.4, -0.2) is 36.2 Å². The highest BCUT2D eigenvalue weighted by Crippen LogP contribution is 2.01. The van der Waals surface area contributed by atoms with E-state index in [9.17, 15) is 4.79 Å². The molecular formula is C13H21N3O2. The fraction of sp³-hybridized carbons (Fsp3) is 0.538. The van der Waals surface area contributed by atoms with E-state index in [0.29, 0.717) is 13.1 Å². The molecule has 0 radical (unpaired) electrons. The lowest BCUT2D eigenvalue weighted by atomic mass is 10.3. The summed E-state index contributed by atoms with van der Waals surface area (Å²) in [5, 5.41) is 5.97. The fourth-order valence-corrected chi connectivity index (χ4v) is 1.47. The van der Waals surface area contributed by atoms with Crippen molar-refractivity contribution in [1.29, 1.82) is 0 Å². The van der Waals surface area contributed by atoms with Gasteiger partial charge in [0, 0.05) is 25.5 Å². The van der Waals surface area contributed by atoms with Gasteiger partial charge in [-0.15, -0.1) is 0 Å². The van der Waals surface area contributed by atoms with Crippen LogP contribution in [0.1, 0.15) is 20.8 Å². The highest BCUT2D eigenvalue weighted by Gasteiger charge is 2.13. The van der Waals surface area contributed by atoms with Crippen molar-refractivity contribution in [2.75, 3.05) is 18.4 Å². The molecule has 0 aromatic carbocycles. The van der Waals surface area contributed by atoms with E-state index in [-0.39, 0.29) is 12.0 Å². The van der Waals surface area contributed by atoms with Crippen molar-refractivity contribution in [2.45, 2.75) is 33.0 Å². The summed E-state index contributed by atoms with van der Waals surface area (Å²) in [5.74, 6) is -0.0864. The van der Waals surface area contributed by atoms with Gasteiger partial charge in [0.15, 0.2) is 0 Å². The van der Waals surface area contributed by atoms with Gasteiger partial charge in [-0.25, -0.2) is 0 Å². The van der Waals surface area contributed by atoms with Crippen LogP contribution in [0.2, 0.25) is 0 Å². The summed E-state index contributed by atoms with van der Waals surface area (Å²) in [4.78, 5) is 15.6. The first-order valence-electron chi connectivity index (χ1n) is 6.16. The van der Waals surface area contributed by atoms with Crippen molar-refractivity contribution in [1.82, 2.24) is 10.3 Å². The van der Waals surface area contributed by atoms with Crippen molar-refractivity contribution in [3.05, 3.63) is 24.5 Å². The molecule has 0 fully saturated rings. The Hall–Kier alpha value is -1.62. The molecule has 5 nitrogen and oxygen atoms in total. The van der Waals surface area contributed by atoms with E-state index in [2.05, 4.69) is 15.6 Å². The van der Waals surface area contributed by atoms with Crippen molar-refractivity contribution in [2.24, 2.45) is 0 Å². The van der Waals surface area contributed by atoms with Crippen LogP contribution in [0.4, 0.5) is 5.69 Å². The minimum atomic E-state index is -0.414. The lowest BCUT2D eigenvalue weighted by Crippen LogP contribution is -2.38. The number of anilines is 1. The monoisotopic (exact) mass is 251 g/mol. The SMILES string of the molecule is CC(C)O[C@@H](C)C(=O)NCCNc1cccnc1. The zero-order valence-electron chi connectivity index (χ0n) is 11.1. The third-order valence-corrected chi connectivity index (χ3v) is 2.26. The topological polar surface area (TPSA) is 63.2 Å². The second-order valence-electron chi connectivity index (χ2n) is 4.29. The van der Waals surface area contributed by atoms with Gasteiger partial charge in [-0.3, -0.25) is 9.78 Å². The zero-order valence-corrected chi connectivity index (χ0v) is 11.1. The molecule has 1 atom stereocenters. The number of carbonyl (C=O) groups is 1. The van der Waals surface area contributed by atoms with Crippen molar-refractivity contribution in [3.8, 4) is 0 Å². The van der Waals surface area contributed by atoms with Gasteiger partial charge < -0.3 is 15.4 Å². The number of carbonyl (C=O) groups excluding carboxylic acids is 1. The van der Waals surface area contributed by atoms with E-state index in [0.717, 1.165) is 5.69 Å². The molecule has 0 aliphatic rings. The lowest BCUT2D eigenvalue weighted by Gasteiger charge is -2.16. The number of pyridine rings is 1. The largest absolute Gasteiger partial charge is 0.382 e. The van der Waals surface area contributed by atoms with E-state index in [1.807, 2.05) is 26.0 Å². The summed E-state index contributed by atoms with van der Waals surface area (Å²) in [6, 6.07) is 3.79. The average Bonchev–Trinajstić information content (AvgIpc) is 2.34. The second kappa shape index (κ2) is 7.66. The van der Waals surface area contributed by atoms with Crippen LogP contribution < -0.4 is 10.6 Å². The Morgan fingerprint density at radius 1 is 1.39 bits per heavy atom. The number of hydrogen-bond donors (Lipinski definition) is 2. The summed E-state index contributed by atoms with van der Waals surface area (Å²) < 4.78 is 5.38. The Kier molecular flexibility index (Phi) is 6.14. The third-order valence-electron chi connectivity index (χ3n) is 2.26. The lowest BCUT2D eigenvalue weighted by molar-refractivity contribution is -0.134. The first kappa shape index (κ1) is 14.4. The minimum Gasteiger partial charge on any atom is -0.382 e. The summed E-state index contributed by atoms with van der Waals surface area (Å²) in [5.41, 5.74) is 0.943. The van der Waals surface area contributed by atoms with Crippen LogP contribution in [0.5, 0.6) is 0 Å². The summed E-state index contributed by atoms with van der Waals surface area (Å²) in [6.07, 6.45) is 3.10. The molecule has 1 aromatic heterocycles. The maximum atomic E-state index is 11.6. The number of rotatable bonds is 7. The number of hydrogen-bond acceptors (Lipinski definition) is 4. The van der Waals surface area contributed by atoms with Crippen molar-refractivity contribution in [3.63, 3.8) is 0 Å². The molecule has 0 aliphatic heterocycles. The second-order valence-corrected chi connectivity index (χ2v) is 4.29. The Morgan fingerprint density at radius 3 is 2.78 bits per heavy atom. The zero-order chi connectivity index (χ0) is 13.4. The smallest absolute Gasteiger partial charge is 0.248 e. The van der Waals surface area contributed by atoms with Gasteiger partial charge >= 0.3 is 0 Å². The molecule has 1 heterocycles. The maximum Gasteiger partial charge on any atom is 0.248 e. The molecule has 1 rings (SSSR count). The maximum absolute atomic E-state index is 11.6. The Morgan fingerprint density at radius 2 is 2.17 bits per heavy atom. The van der Waals surface area contributed by atoms with Gasteiger partial charge in [-0.2, -0.15) is 0 Å². The molecule has 1 aromatic rings. The Bertz CT molecular complexity index is 355. The molecule has 0 bridgehead atoms. The van der Waals surface area contributed by atoms with Crippen LogP contribution in [0.25, 0.3) is 0 Å². The van der Waals surface area contributed by atoms with Crippen LogP contribution in [0.15, 0.2) is 24.5 Å². The van der Waals surface area contributed by atoms with Crippen LogP contribution >= 0.6 is 0 Å². The van der Waals surface area contributed by atoms with Gasteiger partial charge in [0.1, 0.15) is 6.10 Å². The van der Waals surface area contributed by atoms with Gasteiger partial charge in [-0.1, -0.05) is 0 Å². The first-order valence-corrected chi connectivity index (χ1v) is 6.16. The Balaban J connectivity index is 2.16. The molecular weight excluding hydrogens is 230 g/mol. The molecule has 5 heteroatoms. The molecule has 18 heavy (non-hydrogen) atoms. The Labute approximate surface area is 108 Å². The van der Waals surface area contributed by atoms with Gasteiger partial charge in [0.2, 0.25) is 5.91 Å². The minimum absolute atomic E-state index is 0.0549. The van der Waals surface area contributed by atoms with Crippen molar-refractivity contribution >= 4 is 11.6 Å². The number of nitrogens with zero attached hydrogens (tertiary/aromatic N) is 1.